The summed E-state index contributed by atoms with van der Waals surface area (Å²) in [6.07, 6.45) is -1.24. The molecule has 210 valence electrons. The molecule has 1 heterocycles. The second kappa shape index (κ2) is 11.2. The van der Waals surface area contributed by atoms with Crippen LogP contribution in [0.5, 0.6) is 0 Å². The van der Waals surface area contributed by atoms with Crippen molar-refractivity contribution >= 4 is 61.5 Å². The van der Waals surface area contributed by atoms with E-state index in [2.05, 4.69) is 0 Å². The lowest BCUT2D eigenvalue weighted by Gasteiger charge is -2.26. The van der Waals surface area contributed by atoms with Crippen molar-refractivity contribution in [3.05, 3.63) is 93.0 Å². The highest BCUT2D eigenvalue weighted by molar-refractivity contribution is 7.91. The normalized spacial score (nSPS) is 14.2. The number of hydrogen-bond acceptors (Lipinski definition) is 8. The van der Waals surface area contributed by atoms with Crippen LogP contribution in [0, 0.1) is 0 Å². The topological polar surface area (TPSA) is 135 Å². The highest BCUT2D eigenvalue weighted by Crippen LogP contribution is 2.37. The summed E-state index contributed by atoms with van der Waals surface area (Å²) in [5, 5.41) is -0.740. The van der Waals surface area contributed by atoms with Gasteiger partial charge in [-0.3, -0.25) is 9.59 Å². The minimum atomic E-state index is -5.01. The van der Waals surface area contributed by atoms with Gasteiger partial charge in [0.25, 0.3) is 26.0 Å². The quantitative estimate of drug-likeness (QED) is 0.317. The molecule has 0 spiro atoms. The van der Waals surface area contributed by atoms with Gasteiger partial charge in [-0.05, 0) is 35.2 Å². The maximum atomic E-state index is 13.8. The number of carbonyl (C=O) groups excluding carboxylic acids is 3. The van der Waals surface area contributed by atoms with E-state index >= 15 is 0 Å². The molecule has 1 aliphatic heterocycles. The van der Waals surface area contributed by atoms with Crippen LogP contribution in [0.4, 0.5) is 4.79 Å². The first-order valence-corrected chi connectivity index (χ1v) is 15.3. The Morgan fingerprint density at radius 3 is 2.35 bits per heavy atom. The summed E-state index contributed by atoms with van der Waals surface area (Å²) in [4.78, 5) is 37.2. The van der Waals surface area contributed by atoms with Crippen LogP contribution in [-0.2, 0) is 31.4 Å². The number of nitrogens with zero attached hydrogens (tertiary/aromatic N) is 2. The predicted molar refractivity (Wildman–Crippen MR) is 146 cm³/mol. The Labute approximate surface area is 241 Å². The molecule has 3 aromatic rings. The van der Waals surface area contributed by atoms with Crippen LogP contribution in [0.2, 0.25) is 10.0 Å². The SMILES string of the molecule is CC(C)c1cccc2c1C(=O)N(CN(C(=O)OCc1ccccc1)S(=O)(=O)c1ccc(Cl)c(C=O)c1Cl)S2(=O)=O. The fourth-order valence-corrected chi connectivity index (χ4v) is 7.76. The minimum Gasteiger partial charge on any atom is -0.444 e. The Morgan fingerprint density at radius 1 is 1.05 bits per heavy atom. The van der Waals surface area contributed by atoms with E-state index in [1.54, 1.807) is 50.2 Å². The van der Waals surface area contributed by atoms with Crippen molar-refractivity contribution in [2.75, 3.05) is 6.67 Å². The zero-order chi connectivity index (χ0) is 29.4. The van der Waals surface area contributed by atoms with E-state index in [1.165, 1.54) is 12.1 Å². The molecule has 0 radical (unpaired) electrons. The molecule has 0 atom stereocenters. The van der Waals surface area contributed by atoms with E-state index in [0.717, 1.165) is 12.1 Å². The number of fused-ring (bicyclic) bond motifs is 1. The molecular formula is C26H22Cl2N2O8S2. The molecule has 0 saturated heterocycles. The molecule has 0 unspecified atom stereocenters. The van der Waals surface area contributed by atoms with Gasteiger partial charge in [-0.15, -0.1) is 0 Å². The largest absolute Gasteiger partial charge is 0.444 e. The molecule has 0 aromatic heterocycles. The fourth-order valence-electron chi connectivity index (χ4n) is 4.08. The van der Waals surface area contributed by atoms with Gasteiger partial charge in [0.2, 0.25) is 0 Å². The van der Waals surface area contributed by atoms with Crippen molar-refractivity contribution in [1.82, 2.24) is 8.61 Å². The van der Waals surface area contributed by atoms with Gasteiger partial charge < -0.3 is 4.74 Å². The smallest absolute Gasteiger partial charge is 0.425 e. The molecule has 4 rings (SSSR count). The number of halogens is 2. The number of aldehydes is 1. The maximum Gasteiger partial charge on any atom is 0.425 e. The van der Waals surface area contributed by atoms with Gasteiger partial charge in [-0.1, -0.05) is 79.5 Å². The Bertz CT molecular complexity index is 1730. The van der Waals surface area contributed by atoms with E-state index in [0.29, 0.717) is 11.1 Å². The third-order valence-corrected chi connectivity index (χ3v) is 10.5. The first-order chi connectivity index (χ1) is 18.8. The molecule has 0 saturated carbocycles. The summed E-state index contributed by atoms with van der Waals surface area (Å²) < 4.78 is 60.0. The fraction of sp³-hybridized carbons (Fsp3) is 0.192. The summed E-state index contributed by atoms with van der Waals surface area (Å²) in [6.45, 7) is 1.92. The Balaban J connectivity index is 1.80. The minimum absolute atomic E-state index is 0.0794. The molecule has 2 amide bonds. The van der Waals surface area contributed by atoms with Gasteiger partial charge >= 0.3 is 6.09 Å². The van der Waals surface area contributed by atoms with Crippen molar-refractivity contribution in [3.8, 4) is 0 Å². The second-order valence-corrected chi connectivity index (χ2v) is 13.4. The van der Waals surface area contributed by atoms with E-state index in [4.69, 9.17) is 27.9 Å². The molecule has 0 fully saturated rings. The Kier molecular flexibility index (Phi) is 8.27. The number of ether oxygens (including phenoxy) is 1. The maximum absolute atomic E-state index is 13.8. The average molecular weight is 626 g/mol. The summed E-state index contributed by atoms with van der Waals surface area (Å²) in [5.41, 5.74) is 0.479. The summed E-state index contributed by atoms with van der Waals surface area (Å²) in [7, 11) is -9.57. The number of amides is 2. The van der Waals surface area contributed by atoms with Gasteiger partial charge in [0.1, 0.15) is 23.1 Å². The summed E-state index contributed by atoms with van der Waals surface area (Å²) in [6, 6.07) is 14.6. The molecule has 0 bridgehead atoms. The highest BCUT2D eigenvalue weighted by atomic mass is 35.5. The first-order valence-electron chi connectivity index (χ1n) is 11.7. The highest BCUT2D eigenvalue weighted by Gasteiger charge is 2.46. The van der Waals surface area contributed by atoms with Crippen LogP contribution in [0.1, 0.15) is 51.6 Å². The van der Waals surface area contributed by atoms with Crippen LogP contribution in [0.25, 0.3) is 0 Å². The standard InChI is InChI=1S/C26H22Cl2N2O8S2/c1-16(2)18-9-6-10-21-23(18)25(32)29(39(21,34)35)15-30(26(33)38-14-17-7-4-3-5-8-17)40(36,37)22-12-11-20(27)19(13-31)24(22)28/h3-13,16H,14-15H2,1-2H3. The Hall–Kier alpha value is -3.45. The molecule has 0 N–H and O–H groups in total. The van der Waals surface area contributed by atoms with Crippen LogP contribution in [-0.4, -0.2) is 50.4 Å². The number of benzene rings is 3. The van der Waals surface area contributed by atoms with Gasteiger partial charge in [0.15, 0.2) is 6.29 Å². The van der Waals surface area contributed by atoms with Gasteiger partial charge in [-0.25, -0.2) is 25.9 Å². The lowest BCUT2D eigenvalue weighted by molar-refractivity contribution is 0.0810. The van der Waals surface area contributed by atoms with E-state index in [1.807, 2.05) is 0 Å². The second-order valence-electron chi connectivity index (χ2n) is 8.96. The van der Waals surface area contributed by atoms with Crippen LogP contribution in [0.15, 0.2) is 70.5 Å². The van der Waals surface area contributed by atoms with Crippen molar-refractivity contribution in [3.63, 3.8) is 0 Å². The molecule has 14 heteroatoms. The first kappa shape index (κ1) is 29.5. The van der Waals surface area contributed by atoms with Crippen LogP contribution in [0.3, 0.4) is 0 Å². The van der Waals surface area contributed by atoms with Gasteiger partial charge in [-0.2, -0.15) is 4.31 Å². The third kappa shape index (κ3) is 5.19. The lowest BCUT2D eigenvalue weighted by Crippen LogP contribution is -2.47. The van der Waals surface area contributed by atoms with E-state index < -0.39 is 48.6 Å². The molecule has 0 aliphatic carbocycles. The zero-order valence-corrected chi connectivity index (χ0v) is 24.2. The van der Waals surface area contributed by atoms with Crippen LogP contribution >= 0.6 is 23.2 Å². The van der Waals surface area contributed by atoms with Crippen molar-refractivity contribution in [2.45, 2.75) is 36.2 Å². The average Bonchev–Trinajstić information content (AvgIpc) is 3.10. The van der Waals surface area contributed by atoms with Gasteiger partial charge in [0, 0.05) is 0 Å². The lowest BCUT2D eigenvalue weighted by atomic mass is 9.97. The molecule has 1 aliphatic rings. The third-order valence-electron chi connectivity index (χ3n) is 6.13. The predicted octanol–water partition coefficient (Wildman–Crippen LogP) is 5.06. The van der Waals surface area contributed by atoms with Crippen LogP contribution < -0.4 is 0 Å². The summed E-state index contributed by atoms with van der Waals surface area (Å²) in [5.74, 6) is -1.24. The number of rotatable bonds is 8. The molecular weight excluding hydrogens is 603 g/mol. The monoisotopic (exact) mass is 624 g/mol. The van der Waals surface area contributed by atoms with Gasteiger partial charge in [0.05, 0.1) is 21.2 Å². The molecule has 40 heavy (non-hydrogen) atoms. The van der Waals surface area contributed by atoms with E-state index in [9.17, 15) is 31.2 Å². The number of sulfonamides is 2. The summed E-state index contributed by atoms with van der Waals surface area (Å²) >= 11 is 12.1. The Morgan fingerprint density at radius 2 is 1.73 bits per heavy atom. The van der Waals surface area contributed by atoms with Crippen molar-refractivity contribution in [2.24, 2.45) is 0 Å². The van der Waals surface area contributed by atoms with Crippen molar-refractivity contribution in [1.29, 1.82) is 0 Å². The molecule has 3 aromatic carbocycles. The number of carbonyl (C=O) groups is 3. The molecule has 10 nitrogen and oxygen atoms in total. The van der Waals surface area contributed by atoms with Crippen molar-refractivity contribution < 1.29 is 36.0 Å². The van der Waals surface area contributed by atoms with E-state index in [-0.39, 0.29) is 48.5 Å². The zero-order valence-electron chi connectivity index (χ0n) is 21.1. The number of hydrogen-bond donors (Lipinski definition) is 0.